The minimum Gasteiger partial charge on any atom is -0.480 e. The van der Waals surface area contributed by atoms with Crippen LogP contribution in [0.2, 0.25) is 5.02 Å². The summed E-state index contributed by atoms with van der Waals surface area (Å²) in [6, 6.07) is 11.2. The molecule has 120 valence electrons. The van der Waals surface area contributed by atoms with Gasteiger partial charge in [-0.2, -0.15) is 0 Å². The van der Waals surface area contributed by atoms with Gasteiger partial charge >= 0.3 is 0 Å². The van der Waals surface area contributed by atoms with Crippen LogP contribution in [0.3, 0.4) is 0 Å². The second-order valence-electron chi connectivity index (χ2n) is 5.09. The number of methoxy groups -OCH3 is 1. The number of pyridine rings is 1. The van der Waals surface area contributed by atoms with E-state index in [0.717, 1.165) is 10.0 Å². The first-order valence-electron chi connectivity index (χ1n) is 7.04. The lowest BCUT2D eigenvalue weighted by Gasteiger charge is -2.27. The second-order valence-corrected chi connectivity index (χ2v) is 6.38. The van der Waals surface area contributed by atoms with Crippen LogP contribution < -0.4 is 10.2 Å². The normalized spacial score (nSPS) is 20.6. The topological polar surface area (TPSA) is 55.7 Å². The number of aliphatic imine (C=N–C) groups is 1. The van der Waals surface area contributed by atoms with E-state index in [1.165, 1.54) is 0 Å². The van der Waals surface area contributed by atoms with E-state index in [1.807, 2.05) is 43.3 Å². The number of rotatable bonds is 3. The largest absolute Gasteiger partial charge is 0.480 e. The monoisotopic (exact) mass is 395 g/mol. The standard InChI is InChI=1S/C16H15BrClN3O2/c1-9-14(10-3-5-11(18)6-4-10)20-15(21-23-9)13-8-7-12(17)16(19-13)22-2/h3-9,14H,1-2H3,(H,20,21)/t9-,14-/m1/s1. The lowest BCUT2D eigenvalue weighted by atomic mass is 10.0. The van der Waals surface area contributed by atoms with Crippen LogP contribution in [0.1, 0.15) is 24.2 Å². The van der Waals surface area contributed by atoms with Crippen LogP contribution in [0, 0.1) is 0 Å². The van der Waals surface area contributed by atoms with E-state index in [-0.39, 0.29) is 12.1 Å². The molecule has 1 aliphatic rings. The highest BCUT2D eigenvalue weighted by Gasteiger charge is 2.26. The summed E-state index contributed by atoms with van der Waals surface area (Å²) >= 11 is 9.34. The minimum absolute atomic E-state index is 0.114. The Morgan fingerprint density at radius 2 is 1.96 bits per heavy atom. The fourth-order valence-corrected chi connectivity index (χ4v) is 2.81. The quantitative estimate of drug-likeness (QED) is 0.854. The van der Waals surface area contributed by atoms with E-state index < -0.39 is 0 Å². The van der Waals surface area contributed by atoms with Gasteiger partial charge in [-0.05, 0) is 52.7 Å². The summed E-state index contributed by atoms with van der Waals surface area (Å²) in [5.74, 6) is 1.06. The smallest absolute Gasteiger partial charge is 0.228 e. The SMILES string of the molecule is COc1nc(C2=N[C@@H](c3ccc(Cl)cc3)[C@@H](C)ON2)ccc1Br. The molecule has 0 saturated heterocycles. The van der Waals surface area contributed by atoms with Gasteiger partial charge in [0.15, 0.2) is 5.84 Å². The highest BCUT2D eigenvalue weighted by atomic mass is 79.9. The maximum absolute atomic E-state index is 5.95. The van der Waals surface area contributed by atoms with Gasteiger partial charge in [0.2, 0.25) is 5.88 Å². The molecule has 0 amide bonds. The van der Waals surface area contributed by atoms with Crippen LogP contribution in [-0.2, 0) is 4.84 Å². The van der Waals surface area contributed by atoms with E-state index in [4.69, 9.17) is 26.2 Å². The van der Waals surface area contributed by atoms with Crippen molar-refractivity contribution in [2.24, 2.45) is 4.99 Å². The Balaban J connectivity index is 1.96. The maximum Gasteiger partial charge on any atom is 0.228 e. The first-order valence-corrected chi connectivity index (χ1v) is 8.21. The molecule has 1 aliphatic heterocycles. The van der Waals surface area contributed by atoms with Crippen molar-refractivity contribution in [3.8, 4) is 5.88 Å². The third kappa shape index (κ3) is 3.49. The molecule has 0 radical (unpaired) electrons. The van der Waals surface area contributed by atoms with Crippen molar-refractivity contribution in [1.82, 2.24) is 10.5 Å². The van der Waals surface area contributed by atoms with Crippen LogP contribution in [0.4, 0.5) is 0 Å². The van der Waals surface area contributed by atoms with Gasteiger partial charge in [0.1, 0.15) is 17.8 Å². The Bertz CT molecular complexity index is 737. The third-order valence-corrected chi connectivity index (χ3v) is 4.37. The van der Waals surface area contributed by atoms with Gasteiger partial charge in [0.25, 0.3) is 0 Å². The molecule has 3 rings (SSSR count). The van der Waals surface area contributed by atoms with Crippen molar-refractivity contribution < 1.29 is 9.57 Å². The molecule has 2 aromatic rings. The third-order valence-electron chi connectivity index (χ3n) is 3.52. The molecule has 0 aliphatic carbocycles. The van der Waals surface area contributed by atoms with Crippen molar-refractivity contribution in [3.63, 3.8) is 0 Å². The summed E-state index contributed by atoms with van der Waals surface area (Å²) in [6.45, 7) is 1.96. The number of amidine groups is 1. The van der Waals surface area contributed by atoms with Crippen LogP contribution >= 0.6 is 27.5 Å². The molecule has 7 heteroatoms. The van der Waals surface area contributed by atoms with E-state index >= 15 is 0 Å². The Morgan fingerprint density at radius 1 is 1.22 bits per heavy atom. The zero-order chi connectivity index (χ0) is 16.4. The van der Waals surface area contributed by atoms with Crippen molar-refractivity contribution in [3.05, 3.63) is 57.2 Å². The molecule has 1 N–H and O–H groups in total. The van der Waals surface area contributed by atoms with Crippen LogP contribution in [0.25, 0.3) is 0 Å². The van der Waals surface area contributed by atoms with E-state index in [1.54, 1.807) is 7.11 Å². The Kier molecular flexibility index (Phi) is 4.84. The average Bonchev–Trinajstić information content (AvgIpc) is 2.57. The number of hydrogen-bond donors (Lipinski definition) is 1. The van der Waals surface area contributed by atoms with Gasteiger partial charge in [-0.1, -0.05) is 23.7 Å². The second kappa shape index (κ2) is 6.86. The van der Waals surface area contributed by atoms with Crippen molar-refractivity contribution in [1.29, 1.82) is 0 Å². The molecule has 0 fully saturated rings. The lowest BCUT2D eigenvalue weighted by molar-refractivity contribution is -0.00478. The summed E-state index contributed by atoms with van der Waals surface area (Å²) in [4.78, 5) is 14.8. The fourth-order valence-electron chi connectivity index (χ4n) is 2.31. The van der Waals surface area contributed by atoms with Gasteiger partial charge in [0.05, 0.1) is 11.6 Å². The molecule has 1 aromatic carbocycles. The first kappa shape index (κ1) is 16.2. The van der Waals surface area contributed by atoms with E-state index in [0.29, 0.717) is 22.4 Å². The van der Waals surface area contributed by atoms with Gasteiger partial charge in [-0.3, -0.25) is 9.83 Å². The number of nitrogens with zero attached hydrogens (tertiary/aromatic N) is 2. The van der Waals surface area contributed by atoms with E-state index in [9.17, 15) is 0 Å². The van der Waals surface area contributed by atoms with Crippen LogP contribution in [0.15, 0.2) is 45.9 Å². The minimum atomic E-state index is -0.139. The predicted octanol–water partition coefficient (Wildman–Crippen LogP) is 3.92. The van der Waals surface area contributed by atoms with Gasteiger partial charge in [-0.15, -0.1) is 0 Å². The Labute approximate surface area is 147 Å². The summed E-state index contributed by atoms with van der Waals surface area (Å²) in [5, 5.41) is 0.694. The predicted molar refractivity (Wildman–Crippen MR) is 92.9 cm³/mol. The number of ether oxygens (including phenoxy) is 1. The maximum atomic E-state index is 5.95. The molecule has 5 nitrogen and oxygen atoms in total. The lowest BCUT2D eigenvalue weighted by Crippen LogP contribution is -2.38. The van der Waals surface area contributed by atoms with Crippen LogP contribution in [0.5, 0.6) is 5.88 Å². The molecule has 0 bridgehead atoms. The summed E-state index contributed by atoms with van der Waals surface area (Å²) in [7, 11) is 1.57. The molecular weight excluding hydrogens is 382 g/mol. The summed E-state index contributed by atoms with van der Waals surface area (Å²) in [6.07, 6.45) is -0.114. The fraction of sp³-hybridized carbons (Fsp3) is 0.250. The van der Waals surface area contributed by atoms with Crippen molar-refractivity contribution in [2.45, 2.75) is 19.1 Å². The molecule has 1 aromatic heterocycles. The number of aromatic nitrogens is 1. The van der Waals surface area contributed by atoms with Gasteiger partial charge < -0.3 is 4.74 Å². The summed E-state index contributed by atoms with van der Waals surface area (Å²) < 4.78 is 6.01. The number of nitrogens with one attached hydrogen (secondary N) is 1. The molecule has 2 heterocycles. The van der Waals surface area contributed by atoms with Gasteiger partial charge in [0, 0.05) is 5.02 Å². The first-order chi connectivity index (χ1) is 11.1. The number of hydrogen-bond acceptors (Lipinski definition) is 5. The Morgan fingerprint density at radius 3 is 2.65 bits per heavy atom. The molecule has 2 atom stereocenters. The molecule has 0 spiro atoms. The summed E-state index contributed by atoms with van der Waals surface area (Å²) in [5.41, 5.74) is 4.54. The average molecular weight is 397 g/mol. The zero-order valence-corrected chi connectivity index (χ0v) is 14.9. The number of hydroxylamine groups is 1. The van der Waals surface area contributed by atoms with E-state index in [2.05, 4.69) is 26.4 Å². The highest BCUT2D eigenvalue weighted by Crippen LogP contribution is 2.28. The zero-order valence-electron chi connectivity index (χ0n) is 12.6. The molecule has 0 saturated carbocycles. The van der Waals surface area contributed by atoms with Gasteiger partial charge in [-0.25, -0.2) is 10.5 Å². The van der Waals surface area contributed by atoms with Crippen molar-refractivity contribution in [2.75, 3.05) is 7.11 Å². The molecule has 0 unspecified atom stereocenters. The highest BCUT2D eigenvalue weighted by molar-refractivity contribution is 9.10. The van der Waals surface area contributed by atoms with Crippen LogP contribution in [-0.4, -0.2) is 24.0 Å². The Hall–Kier alpha value is -1.63. The van der Waals surface area contributed by atoms with Crippen molar-refractivity contribution >= 4 is 33.4 Å². The number of halogens is 2. The number of benzene rings is 1. The molecular formula is C16H15BrClN3O2. The molecule has 23 heavy (non-hydrogen) atoms.